The van der Waals surface area contributed by atoms with Crippen LogP contribution in [0.5, 0.6) is 5.75 Å². The summed E-state index contributed by atoms with van der Waals surface area (Å²) < 4.78 is 0.398. The maximum Gasteiger partial charge on any atom is 0.221 e. The SMILES string of the molecule is CCc1ccc(C(=O)c2cc(Br)c(O)cc2NC(C)=O)cc1. The van der Waals surface area contributed by atoms with Crippen molar-refractivity contribution in [2.75, 3.05) is 5.32 Å². The Morgan fingerprint density at radius 3 is 2.36 bits per heavy atom. The molecule has 0 atom stereocenters. The second kappa shape index (κ2) is 6.75. The van der Waals surface area contributed by atoms with Crippen LogP contribution in [-0.2, 0) is 11.2 Å². The van der Waals surface area contributed by atoms with Crippen molar-refractivity contribution >= 4 is 33.3 Å². The standard InChI is InChI=1S/C17H16BrNO3/c1-3-11-4-6-12(7-5-11)17(22)13-8-14(18)16(21)9-15(13)19-10(2)20/h4-9,21H,3H2,1-2H3,(H,19,20). The van der Waals surface area contributed by atoms with Gasteiger partial charge in [0.15, 0.2) is 5.78 Å². The topological polar surface area (TPSA) is 66.4 Å². The van der Waals surface area contributed by atoms with Crippen LogP contribution in [0.2, 0.25) is 0 Å². The van der Waals surface area contributed by atoms with Crippen molar-refractivity contribution in [2.45, 2.75) is 20.3 Å². The predicted molar refractivity (Wildman–Crippen MR) is 89.4 cm³/mol. The van der Waals surface area contributed by atoms with Crippen molar-refractivity contribution in [1.82, 2.24) is 0 Å². The minimum absolute atomic E-state index is 0.0402. The van der Waals surface area contributed by atoms with Gasteiger partial charge in [-0.25, -0.2) is 0 Å². The molecule has 2 N–H and O–H groups in total. The lowest BCUT2D eigenvalue weighted by molar-refractivity contribution is -0.114. The zero-order valence-corrected chi connectivity index (χ0v) is 13.9. The number of halogens is 1. The molecule has 0 aliphatic rings. The second-order valence-corrected chi connectivity index (χ2v) is 5.76. The molecule has 4 nitrogen and oxygen atoms in total. The summed E-state index contributed by atoms with van der Waals surface area (Å²) in [7, 11) is 0. The summed E-state index contributed by atoms with van der Waals surface area (Å²) in [5, 5.41) is 12.3. The number of benzene rings is 2. The van der Waals surface area contributed by atoms with E-state index >= 15 is 0 Å². The van der Waals surface area contributed by atoms with Crippen molar-refractivity contribution in [3.63, 3.8) is 0 Å². The van der Waals surface area contributed by atoms with Gasteiger partial charge in [0.2, 0.25) is 5.91 Å². The van der Waals surface area contributed by atoms with Crippen LogP contribution in [0.15, 0.2) is 40.9 Å². The summed E-state index contributed by atoms with van der Waals surface area (Å²) in [6.45, 7) is 3.40. The number of carbonyl (C=O) groups excluding carboxylic acids is 2. The number of rotatable bonds is 4. The van der Waals surface area contributed by atoms with Crippen molar-refractivity contribution < 1.29 is 14.7 Å². The molecule has 0 aliphatic heterocycles. The molecule has 0 aliphatic carbocycles. The van der Waals surface area contributed by atoms with E-state index < -0.39 is 0 Å². The molecule has 0 heterocycles. The minimum Gasteiger partial charge on any atom is -0.507 e. The maximum atomic E-state index is 12.7. The van der Waals surface area contributed by atoms with Crippen LogP contribution in [0.1, 0.15) is 35.3 Å². The van der Waals surface area contributed by atoms with Crippen LogP contribution in [0.4, 0.5) is 5.69 Å². The molecule has 0 fully saturated rings. The highest BCUT2D eigenvalue weighted by Crippen LogP contribution is 2.32. The number of anilines is 1. The Hall–Kier alpha value is -2.14. The van der Waals surface area contributed by atoms with E-state index in [0.29, 0.717) is 15.6 Å². The molecule has 114 valence electrons. The second-order valence-electron chi connectivity index (χ2n) is 4.91. The predicted octanol–water partition coefficient (Wildman–Crippen LogP) is 3.91. The molecule has 0 saturated carbocycles. The number of hydrogen-bond donors (Lipinski definition) is 2. The lowest BCUT2D eigenvalue weighted by Crippen LogP contribution is -2.12. The number of carbonyl (C=O) groups is 2. The Bertz CT molecular complexity index is 723. The highest BCUT2D eigenvalue weighted by Gasteiger charge is 2.17. The summed E-state index contributed by atoms with van der Waals surface area (Å²) in [5.74, 6) is -0.564. The van der Waals surface area contributed by atoms with Crippen molar-refractivity contribution in [3.8, 4) is 5.75 Å². The average Bonchev–Trinajstić information content (AvgIpc) is 2.49. The molecule has 2 aromatic rings. The fraction of sp³-hybridized carbons (Fsp3) is 0.176. The Morgan fingerprint density at radius 1 is 1.18 bits per heavy atom. The number of hydrogen-bond acceptors (Lipinski definition) is 3. The highest BCUT2D eigenvalue weighted by atomic mass is 79.9. The van der Waals surface area contributed by atoms with E-state index in [-0.39, 0.29) is 23.1 Å². The van der Waals surface area contributed by atoms with Crippen LogP contribution in [-0.4, -0.2) is 16.8 Å². The molecule has 1 amide bonds. The van der Waals surface area contributed by atoms with Gasteiger partial charge in [-0.3, -0.25) is 9.59 Å². The van der Waals surface area contributed by atoms with Crippen LogP contribution in [0.25, 0.3) is 0 Å². The van der Waals surface area contributed by atoms with E-state index in [1.54, 1.807) is 12.1 Å². The molecular formula is C17H16BrNO3. The molecular weight excluding hydrogens is 346 g/mol. The molecule has 5 heteroatoms. The molecule has 0 radical (unpaired) electrons. The highest BCUT2D eigenvalue weighted by molar-refractivity contribution is 9.10. The van der Waals surface area contributed by atoms with Crippen LogP contribution >= 0.6 is 15.9 Å². The Morgan fingerprint density at radius 2 is 1.82 bits per heavy atom. The van der Waals surface area contributed by atoms with Gasteiger partial charge in [-0.2, -0.15) is 0 Å². The van der Waals surface area contributed by atoms with Crippen molar-refractivity contribution in [1.29, 1.82) is 0 Å². The minimum atomic E-state index is -0.308. The van der Waals surface area contributed by atoms with Crippen LogP contribution in [0.3, 0.4) is 0 Å². The summed E-state index contributed by atoms with van der Waals surface area (Å²) >= 11 is 3.20. The van der Waals surface area contributed by atoms with E-state index in [4.69, 9.17) is 0 Å². The third kappa shape index (κ3) is 3.54. The van der Waals surface area contributed by atoms with Gasteiger partial charge >= 0.3 is 0 Å². The van der Waals surface area contributed by atoms with Gasteiger partial charge in [-0.15, -0.1) is 0 Å². The lowest BCUT2D eigenvalue weighted by Gasteiger charge is -2.11. The quantitative estimate of drug-likeness (QED) is 0.811. The molecule has 22 heavy (non-hydrogen) atoms. The first-order valence-electron chi connectivity index (χ1n) is 6.86. The smallest absolute Gasteiger partial charge is 0.221 e. The van der Waals surface area contributed by atoms with Gasteiger partial charge < -0.3 is 10.4 Å². The number of ketones is 1. The number of nitrogens with one attached hydrogen (secondary N) is 1. The van der Waals surface area contributed by atoms with E-state index in [2.05, 4.69) is 21.2 Å². The zero-order valence-electron chi connectivity index (χ0n) is 12.3. The summed E-state index contributed by atoms with van der Waals surface area (Å²) in [6.07, 6.45) is 0.899. The first-order chi connectivity index (χ1) is 10.4. The number of amides is 1. The fourth-order valence-corrected chi connectivity index (χ4v) is 2.43. The number of aryl methyl sites for hydroxylation is 1. The first kappa shape index (κ1) is 16.2. The molecule has 0 spiro atoms. The Balaban J connectivity index is 2.46. The third-order valence-electron chi connectivity index (χ3n) is 3.27. The zero-order chi connectivity index (χ0) is 16.3. The number of phenols is 1. The van der Waals surface area contributed by atoms with Gasteiger partial charge in [0.1, 0.15) is 5.75 Å². The van der Waals surface area contributed by atoms with Gasteiger partial charge in [0.25, 0.3) is 0 Å². The average molecular weight is 362 g/mol. The summed E-state index contributed by atoms with van der Waals surface area (Å²) in [4.78, 5) is 23.9. The van der Waals surface area contributed by atoms with Crippen LogP contribution in [0, 0.1) is 0 Å². The molecule has 2 aromatic carbocycles. The third-order valence-corrected chi connectivity index (χ3v) is 3.90. The number of phenolic OH excluding ortho intramolecular Hbond substituents is 1. The number of aromatic hydroxyl groups is 1. The lowest BCUT2D eigenvalue weighted by atomic mass is 9.99. The Kier molecular flexibility index (Phi) is 4.98. The van der Waals surface area contributed by atoms with Crippen LogP contribution < -0.4 is 5.32 Å². The van der Waals surface area contributed by atoms with Gasteiger partial charge in [-0.05, 0) is 34.0 Å². The first-order valence-corrected chi connectivity index (χ1v) is 7.65. The fourth-order valence-electron chi connectivity index (χ4n) is 2.09. The monoisotopic (exact) mass is 361 g/mol. The molecule has 0 aromatic heterocycles. The molecule has 2 rings (SSSR count). The van der Waals surface area contributed by atoms with E-state index in [0.717, 1.165) is 12.0 Å². The summed E-state index contributed by atoms with van der Waals surface area (Å²) in [5.41, 5.74) is 2.29. The van der Waals surface area contributed by atoms with Crippen molar-refractivity contribution in [2.24, 2.45) is 0 Å². The van der Waals surface area contributed by atoms with E-state index in [1.165, 1.54) is 19.1 Å². The van der Waals surface area contributed by atoms with Crippen molar-refractivity contribution in [3.05, 3.63) is 57.6 Å². The molecule has 0 bridgehead atoms. The summed E-state index contributed by atoms with van der Waals surface area (Å²) in [6, 6.07) is 10.2. The molecule has 0 unspecified atom stereocenters. The van der Waals surface area contributed by atoms with Gasteiger partial charge in [0.05, 0.1) is 10.2 Å². The van der Waals surface area contributed by atoms with E-state index in [9.17, 15) is 14.7 Å². The molecule has 0 saturated heterocycles. The van der Waals surface area contributed by atoms with Gasteiger partial charge in [0, 0.05) is 24.1 Å². The normalized spacial score (nSPS) is 10.3. The Labute approximate surface area is 137 Å². The maximum absolute atomic E-state index is 12.7. The van der Waals surface area contributed by atoms with Gasteiger partial charge in [-0.1, -0.05) is 31.2 Å². The largest absolute Gasteiger partial charge is 0.507 e. The van der Waals surface area contributed by atoms with E-state index in [1.807, 2.05) is 19.1 Å².